The Morgan fingerprint density at radius 1 is 1.44 bits per heavy atom. The maximum Gasteiger partial charge on any atom is 0.159 e. The summed E-state index contributed by atoms with van der Waals surface area (Å²) in [4.78, 5) is 9.08. The van der Waals surface area contributed by atoms with Gasteiger partial charge in [0.1, 0.15) is 11.3 Å². The van der Waals surface area contributed by atoms with E-state index in [1.165, 1.54) is 0 Å². The van der Waals surface area contributed by atoms with Gasteiger partial charge in [-0.05, 0) is 24.6 Å². The minimum atomic E-state index is 0.513. The zero-order valence-electron chi connectivity index (χ0n) is 9.64. The largest absolute Gasteiger partial charge is 0.316 e. The average Bonchev–Trinajstić information content (AvgIpc) is 2.84. The minimum absolute atomic E-state index is 0.513. The molecule has 84 valence electrons. The van der Waals surface area contributed by atoms with Crippen molar-refractivity contribution < 1.29 is 0 Å². The smallest absolute Gasteiger partial charge is 0.159 e. The van der Waals surface area contributed by atoms with Crippen molar-refractivity contribution in [1.82, 2.24) is 19.9 Å². The predicted octanol–water partition coefficient (Wildman–Crippen LogP) is 1.29. The summed E-state index contributed by atoms with van der Waals surface area (Å²) < 4.78 is 2.13. The van der Waals surface area contributed by atoms with E-state index in [1.54, 1.807) is 0 Å². The van der Waals surface area contributed by atoms with Gasteiger partial charge in [0, 0.05) is 25.7 Å². The van der Waals surface area contributed by atoms with Gasteiger partial charge >= 0.3 is 0 Å². The van der Waals surface area contributed by atoms with Crippen LogP contribution in [0, 0.1) is 5.92 Å². The first-order valence-corrected chi connectivity index (χ1v) is 5.75. The summed E-state index contributed by atoms with van der Waals surface area (Å²) in [6.45, 7) is 4.39. The Bertz CT molecular complexity index is 517. The maximum atomic E-state index is 4.71. The average molecular weight is 216 g/mol. The standard InChI is InChI=1S/C12H16N4/c1-8-6-13-7-9(8)11-15-10-4-3-5-14-12(10)16(11)2/h3-5,8-9,13H,6-7H2,1-2H3/t8-,9-/m1/s1. The van der Waals surface area contributed by atoms with Gasteiger partial charge in [0.05, 0.1) is 0 Å². The molecule has 3 rings (SSSR count). The van der Waals surface area contributed by atoms with Crippen LogP contribution in [0.4, 0.5) is 0 Å². The second kappa shape index (κ2) is 3.56. The Morgan fingerprint density at radius 3 is 3.00 bits per heavy atom. The molecule has 0 unspecified atom stereocenters. The Balaban J connectivity index is 2.13. The summed E-state index contributed by atoms with van der Waals surface area (Å²) in [5, 5.41) is 3.42. The molecule has 2 aromatic rings. The van der Waals surface area contributed by atoms with Crippen LogP contribution in [0.5, 0.6) is 0 Å². The molecule has 0 spiro atoms. The van der Waals surface area contributed by atoms with Crippen molar-refractivity contribution in [3.8, 4) is 0 Å². The maximum absolute atomic E-state index is 4.71. The van der Waals surface area contributed by atoms with Gasteiger partial charge in [0.2, 0.25) is 0 Å². The van der Waals surface area contributed by atoms with Crippen molar-refractivity contribution in [1.29, 1.82) is 0 Å². The summed E-state index contributed by atoms with van der Waals surface area (Å²) in [6.07, 6.45) is 1.82. The number of aromatic nitrogens is 3. The van der Waals surface area contributed by atoms with E-state index in [2.05, 4.69) is 28.8 Å². The van der Waals surface area contributed by atoms with E-state index < -0.39 is 0 Å². The Kier molecular flexibility index (Phi) is 2.17. The second-order valence-electron chi connectivity index (χ2n) is 4.62. The molecular weight excluding hydrogens is 200 g/mol. The van der Waals surface area contributed by atoms with Gasteiger partial charge in [-0.1, -0.05) is 6.92 Å². The second-order valence-corrected chi connectivity index (χ2v) is 4.62. The van der Waals surface area contributed by atoms with E-state index in [4.69, 9.17) is 4.98 Å². The molecule has 2 atom stereocenters. The number of rotatable bonds is 1. The van der Waals surface area contributed by atoms with E-state index in [1.807, 2.05) is 18.3 Å². The Morgan fingerprint density at radius 2 is 2.31 bits per heavy atom. The Labute approximate surface area is 94.7 Å². The number of hydrogen-bond acceptors (Lipinski definition) is 3. The number of aryl methyl sites for hydroxylation is 1. The quantitative estimate of drug-likeness (QED) is 0.781. The van der Waals surface area contributed by atoms with Crippen LogP contribution in [0.2, 0.25) is 0 Å². The lowest BCUT2D eigenvalue weighted by Crippen LogP contribution is -2.13. The van der Waals surface area contributed by atoms with Gasteiger partial charge in [-0.15, -0.1) is 0 Å². The van der Waals surface area contributed by atoms with E-state index in [0.717, 1.165) is 30.1 Å². The van der Waals surface area contributed by atoms with E-state index >= 15 is 0 Å². The van der Waals surface area contributed by atoms with Crippen LogP contribution in [0.25, 0.3) is 11.2 Å². The van der Waals surface area contributed by atoms with Crippen molar-refractivity contribution in [2.45, 2.75) is 12.8 Å². The fourth-order valence-corrected chi connectivity index (χ4v) is 2.53. The highest BCUT2D eigenvalue weighted by atomic mass is 15.1. The van der Waals surface area contributed by atoms with Crippen molar-refractivity contribution in [2.75, 3.05) is 13.1 Å². The van der Waals surface area contributed by atoms with Gasteiger partial charge in [0.25, 0.3) is 0 Å². The zero-order chi connectivity index (χ0) is 11.1. The molecule has 1 fully saturated rings. The molecule has 0 aromatic carbocycles. The molecule has 1 aliphatic rings. The normalized spacial score (nSPS) is 25.4. The highest BCUT2D eigenvalue weighted by Crippen LogP contribution is 2.28. The number of nitrogens with one attached hydrogen (secondary N) is 1. The molecule has 0 bridgehead atoms. The van der Waals surface area contributed by atoms with Gasteiger partial charge in [-0.25, -0.2) is 9.97 Å². The fraction of sp³-hybridized carbons (Fsp3) is 0.500. The fourth-order valence-electron chi connectivity index (χ4n) is 2.53. The molecule has 16 heavy (non-hydrogen) atoms. The predicted molar refractivity (Wildman–Crippen MR) is 63.3 cm³/mol. The molecule has 1 aliphatic heterocycles. The molecule has 0 radical (unpaired) electrons. The summed E-state index contributed by atoms with van der Waals surface area (Å²) in [7, 11) is 2.06. The first-order chi connectivity index (χ1) is 7.77. The minimum Gasteiger partial charge on any atom is -0.316 e. The van der Waals surface area contributed by atoms with Crippen molar-refractivity contribution in [2.24, 2.45) is 13.0 Å². The molecule has 3 heterocycles. The molecule has 1 N–H and O–H groups in total. The van der Waals surface area contributed by atoms with Crippen LogP contribution >= 0.6 is 0 Å². The third-order valence-electron chi connectivity index (χ3n) is 3.51. The first kappa shape index (κ1) is 9.78. The van der Waals surface area contributed by atoms with Crippen molar-refractivity contribution in [3.63, 3.8) is 0 Å². The lowest BCUT2D eigenvalue weighted by atomic mass is 9.97. The first-order valence-electron chi connectivity index (χ1n) is 5.75. The highest BCUT2D eigenvalue weighted by molar-refractivity contribution is 5.71. The monoisotopic (exact) mass is 216 g/mol. The summed E-state index contributed by atoms with van der Waals surface area (Å²) >= 11 is 0. The molecule has 4 heteroatoms. The third kappa shape index (κ3) is 1.33. The molecule has 0 amide bonds. The summed E-state index contributed by atoms with van der Waals surface area (Å²) in [5.74, 6) is 2.32. The molecule has 1 saturated heterocycles. The highest BCUT2D eigenvalue weighted by Gasteiger charge is 2.28. The SMILES string of the molecule is C[C@@H]1CNC[C@H]1c1nc2cccnc2n1C. The number of nitrogens with zero attached hydrogens (tertiary/aromatic N) is 3. The molecule has 2 aromatic heterocycles. The van der Waals surface area contributed by atoms with Crippen molar-refractivity contribution >= 4 is 11.2 Å². The summed E-state index contributed by atoms with van der Waals surface area (Å²) in [5.41, 5.74) is 1.98. The van der Waals surface area contributed by atoms with E-state index in [-0.39, 0.29) is 0 Å². The molecule has 0 aliphatic carbocycles. The Hall–Kier alpha value is -1.42. The third-order valence-corrected chi connectivity index (χ3v) is 3.51. The van der Waals surface area contributed by atoms with Crippen LogP contribution in [0.1, 0.15) is 18.7 Å². The van der Waals surface area contributed by atoms with E-state index in [0.29, 0.717) is 11.8 Å². The van der Waals surface area contributed by atoms with Crippen LogP contribution < -0.4 is 5.32 Å². The van der Waals surface area contributed by atoms with Crippen LogP contribution in [0.3, 0.4) is 0 Å². The van der Waals surface area contributed by atoms with E-state index in [9.17, 15) is 0 Å². The van der Waals surface area contributed by atoms with Crippen LogP contribution in [0.15, 0.2) is 18.3 Å². The van der Waals surface area contributed by atoms with Gasteiger partial charge in [-0.3, -0.25) is 0 Å². The summed E-state index contributed by atoms with van der Waals surface area (Å²) in [6, 6.07) is 3.97. The zero-order valence-corrected chi connectivity index (χ0v) is 9.64. The number of pyridine rings is 1. The van der Waals surface area contributed by atoms with Crippen LogP contribution in [-0.4, -0.2) is 27.6 Å². The van der Waals surface area contributed by atoms with Gasteiger partial charge in [-0.2, -0.15) is 0 Å². The van der Waals surface area contributed by atoms with Crippen molar-refractivity contribution in [3.05, 3.63) is 24.2 Å². The number of imidazole rings is 1. The number of hydrogen-bond donors (Lipinski definition) is 1. The topological polar surface area (TPSA) is 42.7 Å². The lowest BCUT2D eigenvalue weighted by Gasteiger charge is -2.13. The van der Waals surface area contributed by atoms with Crippen LogP contribution in [-0.2, 0) is 7.05 Å². The van der Waals surface area contributed by atoms with Gasteiger partial charge < -0.3 is 9.88 Å². The molecular formula is C12H16N4. The van der Waals surface area contributed by atoms with Gasteiger partial charge in [0.15, 0.2) is 5.65 Å². The lowest BCUT2D eigenvalue weighted by molar-refractivity contribution is 0.533. The number of fused-ring (bicyclic) bond motifs is 1. The molecule has 0 saturated carbocycles. The molecule has 4 nitrogen and oxygen atoms in total.